The minimum atomic E-state index is 1.02. The van der Waals surface area contributed by atoms with Crippen molar-refractivity contribution >= 4 is 16.6 Å². The first-order chi connectivity index (χ1) is 10.8. The molecule has 0 fully saturated rings. The fraction of sp³-hybridized carbons (Fsp3) is 0.550. The van der Waals surface area contributed by atoms with E-state index in [0.29, 0.717) is 0 Å². The Kier molecular flexibility index (Phi) is 4.97. The summed E-state index contributed by atoms with van der Waals surface area (Å²) >= 11 is 0. The lowest BCUT2D eigenvalue weighted by Gasteiger charge is -2.15. The summed E-state index contributed by atoms with van der Waals surface area (Å²) in [6.07, 6.45) is 12.3. The number of hydrogen-bond donors (Lipinski definition) is 1. The van der Waals surface area contributed by atoms with E-state index < -0.39 is 0 Å². The Morgan fingerprint density at radius 3 is 2.77 bits per heavy atom. The van der Waals surface area contributed by atoms with E-state index in [1.165, 1.54) is 67.2 Å². The minimum absolute atomic E-state index is 1.02. The third kappa shape index (κ3) is 3.11. The van der Waals surface area contributed by atoms with Crippen molar-refractivity contribution in [2.45, 2.75) is 71.1 Å². The van der Waals surface area contributed by atoms with E-state index in [1.807, 2.05) is 0 Å². The van der Waals surface area contributed by atoms with Crippen molar-refractivity contribution in [1.82, 2.24) is 4.98 Å². The van der Waals surface area contributed by atoms with Gasteiger partial charge in [0.1, 0.15) is 0 Å². The molecule has 1 aromatic carbocycles. The highest BCUT2D eigenvalue weighted by Gasteiger charge is 2.16. The Morgan fingerprint density at radius 1 is 1.05 bits per heavy atom. The van der Waals surface area contributed by atoms with Crippen molar-refractivity contribution in [3.63, 3.8) is 0 Å². The Balaban J connectivity index is 1.98. The van der Waals surface area contributed by atoms with Gasteiger partial charge in [-0.2, -0.15) is 0 Å². The number of nitrogen functional groups attached to an aromatic ring is 1. The van der Waals surface area contributed by atoms with E-state index in [2.05, 4.69) is 25.1 Å². The van der Waals surface area contributed by atoms with Gasteiger partial charge in [-0.3, -0.25) is 4.98 Å². The summed E-state index contributed by atoms with van der Waals surface area (Å²) < 4.78 is 0. The lowest BCUT2D eigenvalue weighted by Crippen LogP contribution is -2.04. The highest BCUT2D eigenvalue weighted by Crippen LogP contribution is 2.33. The number of fused-ring (bicyclic) bond motifs is 2. The van der Waals surface area contributed by atoms with Gasteiger partial charge in [0.05, 0.1) is 5.52 Å². The zero-order chi connectivity index (χ0) is 15.4. The van der Waals surface area contributed by atoms with E-state index in [0.717, 1.165) is 30.5 Å². The maximum absolute atomic E-state index is 6.60. The summed E-state index contributed by atoms with van der Waals surface area (Å²) in [5.41, 5.74) is 12.7. The van der Waals surface area contributed by atoms with Crippen LogP contribution in [0.5, 0.6) is 0 Å². The van der Waals surface area contributed by atoms with Gasteiger partial charge in [-0.1, -0.05) is 44.7 Å². The van der Waals surface area contributed by atoms with E-state index in [1.54, 1.807) is 0 Å². The number of nitrogens with two attached hydrogens (primary N) is 1. The molecule has 2 nitrogen and oxygen atoms in total. The molecule has 0 saturated heterocycles. The van der Waals surface area contributed by atoms with E-state index in [9.17, 15) is 0 Å². The Labute approximate surface area is 134 Å². The number of benzene rings is 1. The first-order valence-corrected chi connectivity index (χ1v) is 9.00. The van der Waals surface area contributed by atoms with Crippen LogP contribution in [0.25, 0.3) is 10.9 Å². The average molecular weight is 296 g/mol. The van der Waals surface area contributed by atoms with Crippen LogP contribution >= 0.6 is 0 Å². The van der Waals surface area contributed by atoms with Crippen molar-refractivity contribution in [2.75, 3.05) is 5.73 Å². The molecule has 22 heavy (non-hydrogen) atoms. The zero-order valence-electron chi connectivity index (χ0n) is 13.8. The topological polar surface area (TPSA) is 38.9 Å². The second-order valence-corrected chi connectivity index (χ2v) is 6.63. The molecular weight excluding hydrogens is 268 g/mol. The largest absolute Gasteiger partial charge is 0.398 e. The van der Waals surface area contributed by atoms with Crippen LogP contribution in [0.4, 0.5) is 5.69 Å². The highest BCUT2D eigenvalue weighted by molar-refractivity contribution is 5.95. The van der Waals surface area contributed by atoms with Crippen LogP contribution in [-0.2, 0) is 19.3 Å². The number of nitrogens with zero attached hydrogens (tertiary/aromatic N) is 1. The number of hydrogen-bond acceptors (Lipinski definition) is 2. The molecule has 2 aromatic rings. The van der Waals surface area contributed by atoms with Gasteiger partial charge in [0.2, 0.25) is 0 Å². The highest BCUT2D eigenvalue weighted by atomic mass is 14.7. The summed E-state index contributed by atoms with van der Waals surface area (Å²) in [7, 11) is 0. The van der Waals surface area contributed by atoms with Crippen molar-refractivity contribution in [3.05, 3.63) is 35.0 Å². The van der Waals surface area contributed by atoms with Crippen molar-refractivity contribution in [1.29, 1.82) is 0 Å². The fourth-order valence-electron chi connectivity index (χ4n) is 3.72. The quantitative estimate of drug-likeness (QED) is 0.607. The number of pyridine rings is 1. The van der Waals surface area contributed by atoms with Gasteiger partial charge in [0.25, 0.3) is 0 Å². The zero-order valence-corrected chi connectivity index (χ0v) is 13.8. The molecule has 0 radical (unpaired) electrons. The Morgan fingerprint density at radius 2 is 1.91 bits per heavy atom. The number of anilines is 1. The SMILES string of the molecule is CCCCCCc1cccc2nc3c(c(N)c12)CCCCC3. The van der Waals surface area contributed by atoms with Crippen LogP contribution in [0, 0.1) is 0 Å². The van der Waals surface area contributed by atoms with Crippen molar-refractivity contribution < 1.29 is 0 Å². The van der Waals surface area contributed by atoms with E-state index in [-0.39, 0.29) is 0 Å². The summed E-state index contributed by atoms with van der Waals surface area (Å²) in [5, 5.41) is 1.24. The molecule has 0 spiro atoms. The molecule has 0 bridgehead atoms. The summed E-state index contributed by atoms with van der Waals surface area (Å²) in [4.78, 5) is 4.96. The first-order valence-electron chi connectivity index (χ1n) is 9.00. The molecule has 1 heterocycles. The standard InChI is InChI=1S/C20H28N2/c1-2-3-4-6-10-15-11-9-14-18-19(15)20(21)16-12-7-5-8-13-17(16)22-18/h9,11,14H,2-8,10,12-13H2,1H3,(H2,21,22). The number of aromatic nitrogens is 1. The molecule has 1 aliphatic rings. The molecule has 118 valence electrons. The summed E-state index contributed by atoms with van der Waals surface area (Å²) in [6.45, 7) is 2.26. The molecule has 0 saturated carbocycles. The van der Waals surface area contributed by atoms with E-state index >= 15 is 0 Å². The number of rotatable bonds is 5. The minimum Gasteiger partial charge on any atom is -0.398 e. The van der Waals surface area contributed by atoms with Gasteiger partial charge >= 0.3 is 0 Å². The monoisotopic (exact) mass is 296 g/mol. The second-order valence-electron chi connectivity index (χ2n) is 6.63. The van der Waals surface area contributed by atoms with Crippen LogP contribution in [-0.4, -0.2) is 4.98 Å². The Bertz CT molecular complexity index is 646. The number of unbranched alkanes of at least 4 members (excludes halogenated alkanes) is 3. The normalized spacial score (nSPS) is 14.8. The summed E-state index contributed by atoms with van der Waals surface area (Å²) in [5.74, 6) is 0. The van der Waals surface area contributed by atoms with Crippen LogP contribution in [0.3, 0.4) is 0 Å². The van der Waals surface area contributed by atoms with Gasteiger partial charge in [-0.05, 0) is 55.7 Å². The number of aryl methyl sites for hydroxylation is 2. The Hall–Kier alpha value is -1.57. The third-order valence-electron chi connectivity index (χ3n) is 4.97. The molecule has 0 amide bonds. The van der Waals surface area contributed by atoms with E-state index in [4.69, 9.17) is 10.7 Å². The van der Waals surface area contributed by atoms with Crippen LogP contribution in [0.2, 0.25) is 0 Å². The molecule has 1 aliphatic carbocycles. The predicted molar refractivity (Wildman–Crippen MR) is 95.3 cm³/mol. The smallest absolute Gasteiger partial charge is 0.0729 e. The molecule has 0 unspecified atom stereocenters. The molecule has 2 N–H and O–H groups in total. The lowest BCUT2D eigenvalue weighted by molar-refractivity contribution is 0.668. The van der Waals surface area contributed by atoms with Gasteiger partial charge in [-0.15, -0.1) is 0 Å². The third-order valence-corrected chi connectivity index (χ3v) is 4.97. The maximum atomic E-state index is 6.60. The van der Waals surface area contributed by atoms with Gasteiger partial charge in [-0.25, -0.2) is 0 Å². The van der Waals surface area contributed by atoms with Crippen LogP contribution in [0.15, 0.2) is 18.2 Å². The fourth-order valence-corrected chi connectivity index (χ4v) is 3.72. The molecular formula is C20H28N2. The van der Waals surface area contributed by atoms with Crippen LogP contribution < -0.4 is 5.73 Å². The molecule has 2 heteroatoms. The average Bonchev–Trinajstić information content (AvgIpc) is 2.77. The lowest BCUT2D eigenvalue weighted by atomic mass is 9.96. The molecule has 1 aromatic heterocycles. The van der Waals surface area contributed by atoms with Gasteiger partial charge in [0.15, 0.2) is 0 Å². The van der Waals surface area contributed by atoms with Crippen molar-refractivity contribution in [3.8, 4) is 0 Å². The maximum Gasteiger partial charge on any atom is 0.0729 e. The van der Waals surface area contributed by atoms with Crippen LogP contribution in [0.1, 0.15) is 68.7 Å². The second kappa shape index (κ2) is 7.13. The predicted octanol–water partition coefficient (Wildman–Crippen LogP) is 5.21. The van der Waals surface area contributed by atoms with Gasteiger partial charge in [0, 0.05) is 16.8 Å². The summed E-state index contributed by atoms with van der Waals surface area (Å²) in [6, 6.07) is 6.52. The molecule has 0 aliphatic heterocycles. The first kappa shape index (κ1) is 15.3. The molecule has 0 atom stereocenters. The van der Waals surface area contributed by atoms with Gasteiger partial charge < -0.3 is 5.73 Å². The molecule has 3 rings (SSSR count). The van der Waals surface area contributed by atoms with Crippen molar-refractivity contribution in [2.24, 2.45) is 0 Å².